The molecule has 1 heterocycles. The maximum absolute atomic E-state index is 11.9. The first-order chi connectivity index (χ1) is 7.43. The maximum atomic E-state index is 11.9. The minimum absolute atomic E-state index is 0.0873. The molecule has 0 unspecified atom stereocenters. The fourth-order valence-corrected chi connectivity index (χ4v) is 1.88. The third kappa shape index (κ3) is 1.60. The molecule has 0 aliphatic carbocycles. The van der Waals surface area contributed by atoms with Crippen molar-refractivity contribution < 1.29 is 4.74 Å². The van der Waals surface area contributed by atoms with Gasteiger partial charge in [-0.05, 0) is 32.9 Å². The van der Waals surface area contributed by atoms with Gasteiger partial charge in [-0.2, -0.15) is 0 Å². The Hall–Kier alpha value is -1.71. The highest BCUT2D eigenvalue weighted by atomic mass is 16.5. The van der Waals surface area contributed by atoms with Gasteiger partial charge in [0.25, 0.3) is 0 Å². The van der Waals surface area contributed by atoms with Crippen molar-refractivity contribution in [3.63, 3.8) is 0 Å². The molecule has 1 N–H and O–H groups in total. The summed E-state index contributed by atoms with van der Waals surface area (Å²) in [5.74, 6) is 0.754. The molecule has 1 aromatic carbocycles. The fraction of sp³-hybridized carbons (Fsp3) is 0.417. The second-order valence-corrected chi connectivity index (χ2v) is 4.82. The van der Waals surface area contributed by atoms with Crippen LogP contribution in [-0.2, 0) is 5.54 Å². The van der Waals surface area contributed by atoms with E-state index in [-0.39, 0.29) is 11.2 Å². The van der Waals surface area contributed by atoms with Crippen molar-refractivity contribution >= 4 is 11.0 Å². The zero-order valence-corrected chi connectivity index (χ0v) is 10.00. The molecule has 4 nitrogen and oxygen atoms in total. The average molecular weight is 220 g/mol. The molecule has 2 aromatic rings. The number of fused-ring (bicyclic) bond motifs is 1. The number of ether oxygens (including phenoxy) is 1. The van der Waals surface area contributed by atoms with E-state index in [1.54, 1.807) is 11.7 Å². The fourth-order valence-electron chi connectivity index (χ4n) is 1.88. The van der Waals surface area contributed by atoms with Gasteiger partial charge in [0.05, 0.1) is 18.1 Å². The van der Waals surface area contributed by atoms with Crippen LogP contribution >= 0.6 is 0 Å². The molecule has 2 rings (SSSR count). The Labute approximate surface area is 93.9 Å². The molecular weight excluding hydrogens is 204 g/mol. The van der Waals surface area contributed by atoms with Crippen LogP contribution < -0.4 is 10.4 Å². The zero-order valence-electron chi connectivity index (χ0n) is 10.00. The van der Waals surface area contributed by atoms with Crippen LogP contribution in [0.3, 0.4) is 0 Å². The molecule has 1 aromatic heterocycles. The second-order valence-electron chi connectivity index (χ2n) is 4.82. The van der Waals surface area contributed by atoms with Gasteiger partial charge in [-0.1, -0.05) is 0 Å². The van der Waals surface area contributed by atoms with Crippen molar-refractivity contribution in [2.75, 3.05) is 7.11 Å². The van der Waals surface area contributed by atoms with Gasteiger partial charge in [0, 0.05) is 11.6 Å². The first-order valence-corrected chi connectivity index (χ1v) is 5.23. The summed E-state index contributed by atoms with van der Waals surface area (Å²) in [4.78, 5) is 14.7. The number of aromatic nitrogens is 2. The summed E-state index contributed by atoms with van der Waals surface area (Å²) in [5.41, 5.74) is 1.37. The number of aromatic amines is 1. The normalized spacial score (nSPS) is 12.0. The Morgan fingerprint density at radius 3 is 2.56 bits per heavy atom. The molecule has 16 heavy (non-hydrogen) atoms. The zero-order chi connectivity index (χ0) is 11.9. The number of H-pyrrole nitrogens is 1. The summed E-state index contributed by atoms with van der Waals surface area (Å²) in [6.07, 6.45) is 0. The van der Waals surface area contributed by atoms with Crippen LogP contribution in [0.4, 0.5) is 0 Å². The molecule has 0 bridgehead atoms. The lowest BCUT2D eigenvalue weighted by Gasteiger charge is -2.20. The summed E-state index contributed by atoms with van der Waals surface area (Å²) in [5, 5.41) is 0. The van der Waals surface area contributed by atoms with Crippen molar-refractivity contribution in [3.8, 4) is 5.75 Å². The van der Waals surface area contributed by atoms with Crippen LogP contribution in [0, 0.1) is 0 Å². The minimum atomic E-state index is -0.248. The predicted molar refractivity (Wildman–Crippen MR) is 64.1 cm³/mol. The molecule has 0 atom stereocenters. The Morgan fingerprint density at radius 2 is 2.00 bits per heavy atom. The summed E-state index contributed by atoms with van der Waals surface area (Å²) in [6, 6.07) is 5.57. The molecule has 0 saturated heterocycles. The number of hydrogen-bond acceptors (Lipinski definition) is 2. The highest BCUT2D eigenvalue weighted by molar-refractivity contribution is 5.77. The average Bonchev–Trinajstić information content (AvgIpc) is 2.51. The summed E-state index contributed by atoms with van der Waals surface area (Å²) in [7, 11) is 1.62. The van der Waals surface area contributed by atoms with Crippen molar-refractivity contribution in [2.45, 2.75) is 26.3 Å². The van der Waals surface area contributed by atoms with Crippen molar-refractivity contribution in [1.82, 2.24) is 9.55 Å². The molecule has 0 amide bonds. The molecule has 0 fully saturated rings. The summed E-state index contributed by atoms with van der Waals surface area (Å²) in [6.45, 7) is 6.00. The lowest BCUT2D eigenvalue weighted by Crippen LogP contribution is -2.31. The van der Waals surface area contributed by atoms with Gasteiger partial charge in [-0.3, -0.25) is 4.57 Å². The monoisotopic (exact) mass is 220 g/mol. The Morgan fingerprint density at radius 1 is 1.31 bits per heavy atom. The third-order valence-electron chi connectivity index (χ3n) is 2.56. The Bertz CT molecular complexity index is 573. The van der Waals surface area contributed by atoms with E-state index in [0.29, 0.717) is 0 Å². The van der Waals surface area contributed by atoms with Gasteiger partial charge in [0.1, 0.15) is 5.75 Å². The van der Waals surface area contributed by atoms with Crippen molar-refractivity contribution in [1.29, 1.82) is 0 Å². The molecule has 86 valence electrons. The van der Waals surface area contributed by atoms with Gasteiger partial charge < -0.3 is 9.72 Å². The lowest BCUT2D eigenvalue weighted by atomic mass is 10.1. The van der Waals surface area contributed by atoms with Crippen LogP contribution in [0.1, 0.15) is 20.8 Å². The first-order valence-electron chi connectivity index (χ1n) is 5.23. The summed E-state index contributed by atoms with van der Waals surface area (Å²) >= 11 is 0. The third-order valence-corrected chi connectivity index (χ3v) is 2.56. The van der Waals surface area contributed by atoms with E-state index in [4.69, 9.17) is 4.74 Å². The van der Waals surface area contributed by atoms with E-state index >= 15 is 0 Å². The van der Waals surface area contributed by atoms with Crippen molar-refractivity contribution in [2.24, 2.45) is 0 Å². The lowest BCUT2D eigenvalue weighted by molar-refractivity contribution is 0.395. The number of nitrogens with one attached hydrogen (secondary N) is 1. The molecule has 0 aliphatic rings. The van der Waals surface area contributed by atoms with E-state index < -0.39 is 0 Å². The van der Waals surface area contributed by atoms with E-state index in [2.05, 4.69) is 4.98 Å². The van der Waals surface area contributed by atoms with Gasteiger partial charge >= 0.3 is 5.69 Å². The standard InChI is InChI=1S/C12H16N2O2/c1-12(2,3)14-10-7-8(16-4)5-6-9(10)13-11(14)15/h5-7H,1-4H3,(H,13,15). The number of rotatable bonds is 1. The predicted octanol–water partition coefficient (Wildman–Crippen LogP) is 2.09. The van der Waals surface area contributed by atoms with Gasteiger partial charge in [-0.15, -0.1) is 0 Å². The topological polar surface area (TPSA) is 47.0 Å². The second kappa shape index (κ2) is 3.40. The van der Waals surface area contributed by atoms with Crippen LogP contribution in [0.25, 0.3) is 11.0 Å². The maximum Gasteiger partial charge on any atom is 0.326 e. The van der Waals surface area contributed by atoms with Gasteiger partial charge in [0.15, 0.2) is 0 Å². The number of methoxy groups -OCH3 is 1. The quantitative estimate of drug-likeness (QED) is 0.800. The van der Waals surface area contributed by atoms with E-state index in [9.17, 15) is 4.79 Å². The van der Waals surface area contributed by atoms with Crippen LogP contribution in [0.15, 0.2) is 23.0 Å². The molecule has 0 saturated carbocycles. The Kier molecular flexibility index (Phi) is 2.30. The number of hydrogen-bond donors (Lipinski definition) is 1. The van der Waals surface area contributed by atoms with Crippen LogP contribution in [0.2, 0.25) is 0 Å². The van der Waals surface area contributed by atoms with Crippen LogP contribution in [0.5, 0.6) is 5.75 Å². The highest BCUT2D eigenvalue weighted by Crippen LogP contribution is 2.23. The Balaban J connectivity index is 2.81. The minimum Gasteiger partial charge on any atom is -0.497 e. The van der Waals surface area contributed by atoms with Gasteiger partial charge in [0.2, 0.25) is 0 Å². The first kappa shape index (κ1) is 10.8. The molecule has 0 spiro atoms. The van der Waals surface area contributed by atoms with E-state index in [1.165, 1.54) is 0 Å². The number of benzene rings is 1. The van der Waals surface area contributed by atoms with Gasteiger partial charge in [-0.25, -0.2) is 4.79 Å². The van der Waals surface area contributed by atoms with E-state index in [1.807, 2.05) is 39.0 Å². The number of nitrogens with zero attached hydrogens (tertiary/aromatic N) is 1. The molecule has 0 aliphatic heterocycles. The largest absolute Gasteiger partial charge is 0.497 e. The highest BCUT2D eigenvalue weighted by Gasteiger charge is 2.19. The molecule has 0 radical (unpaired) electrons. The molecular formula is C12H16N2O2. The smallest absolute Gasteiger partial charge is 0.326 e. The van der Waals surface area contributed by atoms with Crippen molar-refractivity contribution in [3.05, 3.63) is 28.7 Å². The summed E-state index contributed by atoms with van der Waals surface area (Å²) < 4.78 is 6.91. The molecule has 4 heteroatoms. The van der Waals surface area contributed by atoms with E-state index in [0.717, 1.165) is 16.8 Å². The SMILES string of the molecule is COc1ccc2[nH]c(=O)n(C(C)(C)C)c2c1. The van der Waals surface area contributed by atoms with Crippen LogP contribution in [-0.4, -0.2) is 16.7 Å². The number of imidazole rings is 1.